The third kappa shape index (κ3) is 4.51. The van der Waals surface area contributed by atoms with Crippen LogP contribution in [0, 0.1) is 20.8 Å². The van der Waals surface area contributed by atoms with Gasteiger partial charge in [0.05, 0.1) is 6.61 Å². The van der Waals surface area contributed by atoms with Crippen molar-refractivity contribution in [1.82, 2.24) is 9.97 Å². The van der Waals surface area contributed by atoms with Gasteiger partial charge in [-0.1, -0.05) is 17.7 Å². The van der Waals surface area contributed by atoms with Gasteiger partial charge in [0.1, 0.15) is 11.6 Å². The maximum atomic E-state index is 5.47. The van der Waals surface area contributed by atoms with Crippen LogP contribution in [-0.2, 0) is 0 Å². The van der Waals surface area contributed by atoms with E-state index in [4.69, 9.17) is 4.74 Å². The highest BCUT2D eigenvalue weighted by atomic mass is 16.5. The molecule has 0 amide bonds. The first kappa shape index (κ1) is 17.7. The summed E-state index contributed by atoms with van der Waals surface area (Å²) in [6.45, 7) is 8.75. The number of hydrogen-bond donors (Lipinski definition) is 2. The Morgan fingerprint density at radius 2 is 1.65 bits per heavy atom. The first-order chi connectivity index (χ1) is 12.5. The zero-order valence-electron chi connectivity index (χ0n) is 15.6. The van der Waals surface area contributed by atoms with E-state index >= 15 is 0 Å². The average Bonchev–Trinajstić information content (AvgIpc) is 2.59. The molecule has 0 bridgehead atoms. The average molecular weight is 348 g/mol. The first-order valence-electron chi connectivity index (χ1n) is 8.73. The van der Waals surface area contributed by atoms with Gasteiger partial charge in [-0.15, -0.1) is 0 Å². The molecule has 1 heterocycles. The molecule has 0 aliphatic carbocycles. The number of benzene rings is 2. The van der Waals surface area contributed by atoms with E-state index in [2.05, 4.69) is 52.6 Å². The molecule has 134 valence electrons. The zero-order chi connectivity index (χ0) is 18.5. The van der Waals surface area contributed by atoms with Crippen molar-refractivity contribution in [3.63, 3.8) is 0 Å². The van der Waals surface area contributed by atoms with Gasteiger partial charge in [0, 0.05) is 23.1 Å². The summed E-state index contributed by atoms with van der Waals surface area (Å²) in [5.74, 6) is 2.17. The molecule has 3 rings (SSSR count). The van der Waals surface area contributed by atoms with Gasteiger partial charge in [-0.3, -0.25) is 0 Å². The number of aromatic nitrogens is 2. The third-order valence-corrected chi connectivity index (χ3v) is 3.92. The van der Waals surface area contributed by atoms with Gasteiger partial charge in [-0.05, 0) is 63.6 Å². The predicted molar refractivity (Wildman–Crippen MR) is 107 cm³/mol. The summed E-state index contributed by atoms with van der Waals surface area (Å²) in [6, 6.07) is 16.0. The van der Waals surface area contributed by atoms with Gasteiger partial charge >= 0.3 is 0 Å². The smallest absolute Gasteiger partial charge is 0.229 e. The Bertz CT molecular complexity index is 891. The quantitative estimate of drug-likeness (QED) is 0.634. The molecule has 0 aliphatic heterocycles. The second-order valence-electron chi connectivity index (χ2n) is 6.24. The van der Waals surface area contributed by atoms with Gasteiger partial charge in [0.2, 0.25) is 5.95 Å². The summed E-state index contributed by atoms with van der Waals surface area (Å²) in [7, 11) is 0. The van der Waals surface area contributed by atoms with Gasteiger partial charge in [-0.25, -0.2) is 4.98 Å². The summed E-state index contributed by atoms with van der Waals surface area (Å²) in [5, 5.41) is 6.63. The van der Waals surface area contributed by atoms with Gasteiger partial charge in [0.15, 0.2) is 0 Å². The Balaban J connectivity index is 1.78. The number of nitrogens with one attached hydrogen (secondary N) is 2. The fourth-order valence-electron chi connectivity index (χ4n) is 2.71. The number of ether oxygens (including phenoxy) is 1. The van der Waals surface area contributed by atoms with Crippen LogP contribution in [0.15, 0.2) is 48.5 Å². The van der Waals surface area contributed by atoms with Crippen LogP contribution in [0.25, 0.3) is 0 Å². The Morgan fingerprint density at radius 3 is 2.35 bits per heavy atom. The first-order valence-corrected chi connectivity index (χ1v) is 8.73. The molecule has 2 N–H and O–H groups in total. The molecule has 5 heteroatoms. The second-order valence-corrected chi connectivity index (χ2v) is 6.24. The molecule has 26 heavy (non-hydrogen) atoms. The van der Waals surface area contributed by atoms with Crippen LogP contribution < -0.4 is 15.4 Å². The molecule has 0 unspecified atom stereocenters. The van der Waals surface area contributed by atoms with Crippen molar-refractivity contribution < 1.29 is 4.74 Å². The Kier molecular flexibility index (Phi) is 5.37. The van der Waals surface area contributed by atoms with Crippen LogP contribution in [0.4, 0.5) is 23.1 Å². The highest BCUT2D eigenvalue weighted by Gasteiger charge is 2.06. The van der Waals surface area contributed by atoms with Crippen molar-refractivity contribution in [2.24, 2.45) is 0 Å². The van der Waals surface area contributed by atoms with Crippen molar-refractivity contribution >= 4 is 23.1 Å². The van der Waals surface area contributed by atoms with Crippen molar-refractivity contribution in [1.29, 1.82) is 0 Å². The van der Waals surface area contributed by atoms with E-state index in [1.807, 2.05) is 44.2 Å². The third-order valence-electron chi connectivity index (χ3n) is 3.92. The number of rotatable bonds is 6. The summed E-state index contributed by atoms with van der Waals surface area (Å²) in [6.07, 6.45) is 0. The topological polar surface area (TPSA) is 59.1 Å². The standard InChI is InChI=1S/C21H24N4O/c1-5-26-18-9-7-17(8-10-18)23-21-22-16(4)13-20(25-21)24-19-11-6-14(2)12-15(19)3/h6-13H,5H2,1-4H3,(H2,22,23,24,25). The summed E-state index contributed by atoms with van der Waals surface area (Å²) in [4.78, 5) is 9.05. The van der Waals surface area contributed by atoms with Crippen LogP contribution in [0.1, 0.15) is 23.7 Å². The number of aryl methyl sites for hydroxylation is 3. The van der Waals surface area contributed by atoms with Crippen LogP contribution in [-0.4, -0.2) is 16.6 Å². The molecular weight excluding hydrogens is 324 g/mol. The number of nitrogens with zero attached hydrogens (tertiary/aromatic N) is 2. The van der Waals surface area contributed by atoms with Crippen molar-refractivity contribution in [2.45, 2.75) is 27.7 Å². The Morgan fingerprint density at radius 1 is 0.885 bits per heavy atom. The second kappa shape index (κ2) is 7.87. The van der Waals surface area contributed by atoms with Gasteiger partial charge < -0.3 is 15.4 Å². The summed E-state index contributed by atoms with van der Waals surface area (Å²) >= 11 is 0. The molecule has 2 aromatic carbocycles. The lowest BCUT2D eigenvalue weighted by atomic mass is 10.1. The van der Waals surface area contributed by atoms with Crippen LogP contribution in [0.2, 0.25) is 0 Å². The molecule has 0 fully saturated rings. The van der Waals surface area contributed by atoms with E-state index in [9.17, 15) is 0 Å². The lowest BCUT2D eigenvalue weighted by molar-refractivity contribution is 0.340. The minimum atomic E-state index is 0.557. The largest absolute Gasteiger partial charge is 0.494 e. The zero-order valence-corrected chi connectivity index (χ0v) is 15.6. The van der Waals surface area contributed by atoms with E-state index in [0.29, 0.717) is 12.6 Å². The highest BCUT2D eigenvalue weighted by molar-refractivity contribution is 5.63. The molecular formula is C21H24N4O. The van der Waals surface area contributed by atoms with Crippen LogP contribution in [0.3, 0.4) is 0 Å². The fourth-order valence-corrected chi connectivity index (χ4v) is 2.71. The summed E-state index contributed by atoms with van der Waals surface area (Å²) < 4.78 is 5.47. The van der Waals surface area contributed by atoms with E-state index in [0.717, 1.165) is 28.6 Å². The van der Waals surface area contributed by atoms with Crippen molar-refractivity contribution in [2.75, 3.05) is 17.2 Å². The van der Waals surface area contributed by atoms with Crippen molar-refractivity contribution in [3.05, 3.63) is 65.4 Å². The highest BCUT2D eigenvalue weighted by Crippen LogP contribution is 2.23. The molecule has 3 aromatic rings. The number of anilines is 4. The number of hydrogen-bond acceptors (Lipinski definition) is 5. The van der Waals surface area contributed by atoms with Gasteiger partial charge in [0.25, 0.3) is 0 Å². The lowest BCUT2D eigenvalue weighted by Gasteiger charge is -2.12. The molecule has 0 radical (unpaired) electrons. The van der Waals surface area contributed by atoms with Gasteiger partial charge in [-0.2, -0.15) is 4.98 Å². The molecule has 1 aromatic heterocycles. The maximum absolute atomic E-state index is 5.47. The van der Waals surface area contributed by atoms with E-state index in [1.165, 1.54) is 11.1 Å². The Hall–Kier alpha value is -3.08. The minimum absolute atomic E-state index is 0.557. The van der Waals surface area contributed by atoms with E-state index in [-0.39, 0.29) is 0 Å². The maximum Gasteiger partial charge on any atom is 0.229 e. The van der Waals surface area contributed by atoms with Crippen LogP contribution in [0.5, 0.6) is 5.75 Å². The fraction of sp³-hybridized carbons (Fsp3) is 0.238. The van der Waals surface area contributed by atoms with Crippen LogP contribution >= 0.6 is 0 Å². The lowest BCUT2D eigenvalue weighted by Crippen LogP contribution is -2.03. The summed E-state index contributed by atoms with van der Waals surface area (Å²) in [5.41, 5.74) is 5.27. The SMILES string of the molecule is CCOc1ccc(Nc2nc(C)cc(Nc3ccc(C)cc3C)n2)cc1. The van der Waals surface area contributed by atoms with Crippen molar-refractivity contribution in [3.8, 4) is 5.75 Å². The van der Waals surface area contributed by atoms with E-state index < -0.39 is 0 Å². The molecule has 0 spiro atoms. The molecule has 0 atom stereocenters. The normalized spacial score (nSPS) is 10.5. The molecule has 0 aliphatic rings. The van der Waals surface area contributed by atoms with E-state index in [1.54, 1.807) is 0 Å². The Labute approximate surface area is 154 Å². The molecule has 0 saturated heterocycles. The molecule has 5 nitrogen and oxygen atoms in total. The minimum Gasteiger partial charge on any atom is -0.494 e. The monoisotopic (exact) mass is 348 g/mol. The predicted octanol–water partition coefficient (Wildman–Crippen LogP) is 5.29. The molecule has 0 saturated carbocycles.